The van der Waals surface area contributed by atoms with Crippen LogP contribution in [0.4, 0.5) is 4.79 Å². The standard InChI is InChI=1S/C16H20N2O5/c1-4-22-11-8-6-7-10(14(11)19)13-12(15(20)23-5-2)9(3)17-16(21)18-13/h6-8,13,19H,4-5H2,1-3H3,(H2,17,18,21). The number of nitrogens with one attached hydrogen (secondary N) is 2. The molecular formula is C16H20N2O5. The lowest BCUT2D eigenvalue weighted by Crippen LogP contribution is -2.45. The number of carbonyl (C=O) groups excluding carboxylic acids is 2. The van der Waals surface area contributed by atoms with Crippen LogP contribution in [0.5, 0.6) is 11.5 Å². The smallest absolute Gasteiger partial charge is 0.338 e. The number of hydrogen-bond acceptors (Lipinski definition) is 5. The van der Waals surface area contributed by atoms with E-state index < -0.39 is 18.0 Å². The zero-order chi connectivity index (χ0) is 17.0. The third-order valence-electron chi connectivity index (χ3n) is 3.41. The van der Waals surface area contributed by atoms with Gasteiger partial charge in [0.2, 0.25) is 0 Å². The Morgan fingerprint density at radius 1 is 1.30 bits per heavy atom. The number of hydrogen-bond donors (Lipinski definition) is 3. The summed E-state index contributed by atoms with van der Waals surface area (Å²) < 4.78 is 10.4. The molecule has 23 heavy (non-hydrogen) atoms. The lowest BCUT2D eigenvalue weighted by molar-refractivity contribution is -0.139. The normalized spacial score (nSPS) is 17.3. The molecule has 0 bridgehead atoms. The molecule has 0 fully saturated rings. The van der Waals surface area contributed by atoms with Crippen molar-refractivity contribution in [1.29, 1.82) is 0 Å². The van der Waals surface area contributed by atoms with Crippen LogP contribution in [0.25, 0.3) is 0 Å². The van der Waals surface area contributed by atoms with E-state index in [1.807, 2.05) is 0 Å². The highest BCUT2D eigenvalue weighted by molar-refractivity contribution is 5.95. The Labute approximate surface area is 134 Å². The van der Waals surface area contributed by atoms with E-state index in [9.17, 15) is 14.7 Å². The molecule has 1 aliphatic heterocycles. The van der Waals surface area contributed by atoms with Crippen LogP contribution >= 0.6 is 0 Å². The summed E-state index contributed by atoms with van der Waals surface area (Å²) in [4.78, 5) is 24.0. The summed E-state index contributed by atoms with van der Waals surface area (Å²) in [5, 5.41) is 15.6. The number of carbonyl (C=O) groups is 2. The average molecular weight is 320 g/mol. The maximum atomic E-state index is 12.2. The molecule has 0 saturated heterocycles. The first-order valence-electron chi connectivity index (χ1n) is 7.39. The predicted molar refractivity (Wildman–Crippen MR) is 83.0 cm³/mol. The number of phenolic OH excluding ortho intramolecular Hbond substituents is 1. The highest BCUT2D eigenvalue weighted by Crippen LogP contribution is 2.38. The van der Waals surface area contributed by atoms with E-state index in [0.717, 1.165) is 0 Å². The molecule has 0 saturated carbocycles. The Morgan fingerprint density at radius 3 is 2.70 bits per heavy atom. The maximum Gasteiger partial charge on any atom is 0.338 e. The first-order chi connectivity index (χ1) is 11.0. The number of phenols is 1. The molecule has 0 spiro atoms. The van der Waals surface area contributed by atoms with Gasteiger partial charge in [0.15, 0.2) is 11.5 Å². The van der Waals surface area contributed by atoms with Crippen molar-refractivity contribution < 1.29 is 24.2 Å². The van der Waals surface area contributed by atoms with Gasteiger partial charge in [0.05, 0.1) is 24.8 Å². The minimum absolute atomic E-state index is 0.115. The molecular weight excluding hydrogens is 300 g/mol. The van der Waals surface area contributed by atoms with Gasteiger partial charge >= 0.3 is 12.0 Å². The number of amides is 2. The van der Waals surface area contributed by atoms with E-state index in [4.69, 9.17) is 9.47 Å². The molecule has 1 unspecified atom stereocenters. The van der Waals surface area contributed by atoms with Gasteiger partial charge in [-0.05, 0) is 26.8 Å². The van der Waals surface area contributed by atoms with Crippen LogP contribution < -0.4 is 15.4 Å². The van der Waals surface area contributed by atoms with Gasteiger partial charge < -0.3 is 25.2 Å². The van der Waals surface area contributed by atoms with Crippen LogP contribution in [-0.4, -0.2) is 30.3 Å². The average Bonchev–Trinajstić information content (AvgIpc) is 2.49. The third-order valence-corrected chi connectivity index (χ3v) is 3.41. The number of rotatable bonds is 5. The molecule has 7 heteroatoms. The molecule has 1 aliphatic rings. The van der Waals surface area contributed by atoms with Crippen molar-refractivity contribution in [2.24, 2.45) is 0 Å². The second kappa shape index (κ2) is 7.04. The molecule has 3 N–H and O–H groups in total. The van der Waals surface area contributed by atoms with Crippen molar-refractivity contribution in [3.05, 3.63) is 35.0 Å². The number of urea groups is 1. The monoisotopic (exact) mass is 320 g/mol. The zero-order valence-corrected chi connectivity index (χ0v) is 13.3. The van der Waals surface area contributed by atoms with Crippen LogP contribution in [0.3, 0.4) is 0 Å². The zero-order valence-electron chi connectivity index (χ0n) is 13.3. The Morgan fingerprint density at radius 2 is 2.04 bits per heavy atom. The van der Waals surface area contributed by atoms with E-state index in [1.165, 1.54) is 0 Å². The fraction of sp³-hybridized carbons (Fsp3) is 0.375. The van der Waals surface area contributed by atoms with Crippen molar-refractivity contribution in [2.45, 2.75) is 26.8 Å². The summed E-state index contributed by atoms with van der Waals surface area (Å²) in [5.41, 5.74) is 1.00. The number of para-hydroxylation sites is 1. The van der Waals surface area contributed by atoms with Gasteiger partial charge in [-0.3, -0.25) is 0 Å². The molecule has 1 atom stereocenters. The molecule has 0 aliphatic carbocycles. The molecule has 1 aromatic rings. The molecule has 2 amide bonds. The van der Waals surface area contributed by atoms with Crippen molar-refractivity contribution in [1.82, 2.24) is 10.6 Å². The summed E-state index contributed by atoms with van der Waals surface area (Å²) in [6.45, 7) is 5.70. The fourth-order valence-corrected chi connectivity index (χ4v) is 2.45. The largest absolute Gasteiger partial charge is 0.504 e. The molecule has 0 aromatic heterocycles. The number of esters is 1. The lowest BCUT2D eigenvalue weighted by atomic mass is 9.94. The predicted octanol–water partition coefficient (Wildman–Crippen LogP) is 1.98. The molecule has 2 rings (SSSR count). The Kier molecular flexibility index (Phi) is 5.10. The summed E-state index contributed by atoms with van der Waals surface area (Å²) in [6, 6.07) is 3.66. The second-order valence-electron chi connectivity index (χ2n) is 4.92. The third kappa shape index (κ3) is 3.39. The van der Waals surface area contributed by atoms with Gasteiger partial charge in [0.1, 0.15) is 0 Å². The minimum atomic E-state index is -0.816. The molecule has 1 aromatic carbocycles. The van der Waals surface area contributed by atoms with Gasteiger partial charge in [-0.2, -0.15) is 0 Å². The molecule has 1 heterocycles. The first kappa shape index (κ1) is 16.7. The number of benzene rings is 1. The maximum absolute atomic E-state index is 12.2. The van der Waals surface area contributed by atoms with Gasteiger partial charge in [-0.15, -0.1) is 0 Å². The van der Waals surface area contributed by atoms with E-state index in [2.05, 4.69) is 10.6 Å². The van der Waals surface area contributed by atoms with Crippen LogP contribution in [-0.2, 0) is 9.53 Å². The number of ether oxygens (including phenoxy) is 2. The Balaban J connectivity index is 2.50. The van der Waals surface area contributed by atoms with Gasteiger partial charge in [0, 0.05) is 11.3 Å². The Hall–Kier alpha value is -2.70. The summed E-state index contributed by atoms with van der Waals surface area (Å²) in [5.74, 6) is -0.376. The molecule has 124 valence electrons. The minimum Gasteiger partial charge on any atom is -0.504 e. The van der Waals surface area contributed by atoms with Crippen molar-refractivity contribution in [2.75, 3.05) is 13.2 Å². The number of aromatic hydroxyl groups is 1. The van der Waals surface area contributed by atoms with Crippen LogP contribution in [0.2, 0.25) is 0 Å². The van der Waals surface area contributed by atoms with E-state index >= 15 is 0 Å². The topological polar surface area (TPSA) is 96.9 Å². The van der Waals surface area contributed by atoms with E-state index in [1.54, 1.807) is 39.0 Å². The van der Waals surface area contributed by atoms with Crippen LogP contribution in [0.1, 0.15) is 32.4 Å². The SMILES string of the molecule is CCOC(=O)C1=C(C)NC(=O)NC1c1cccc(OCC)c1O. The fourth-order valence-electron chi connectivity index (χ4n) is 2.45. The Bertz CT molecular complexity index is 654. The first-order valence-corrected chi connectivity index (χ1v) is 7.39. The summed E-state index contributed by atoms with van der Waals surface area (Å²) >= 11 is 0. The van der Waals surface area contributed by atoms with Crippen molar-refractivity contribution in [3.8, 4) is 11.5 Å². The number of allylic oxidation sites excluding steroid dienone is 1. The van der Waals surface area contributed by atoms with Crippen molar-refractivity contribution in [3.63, 3.8) is 0 Å². The molecule has 0 radical (unpaired) electrons. The van der Waals surface area contributed by atoms with E-state index in [-0.39, 0.29) is 17.9 Å². The van der Waals surface area contributed by atoms with E-state index in [0.29, 0.717) is 23.6 Å². The van der Waals surface area contributed by atoms with Gasteiger partial charge in [-0.1, -0.05) is 12.1 Å². The summed E-state index contributed by atoms with van der Waals surface area (Å²) in [7, 11) is 0. The second-order valence-corrected chi connectivity index (χ2v) is 4.92. The van der Waals surface area contributed by atoms with Crippen molar-refractivity contribution >= 4 is 12.0 Å². The van der Waals surface area contributed by atoms with Gasteiger partial charge in [-0.25, -0.2) is 9.59 Å². The lowest BCUT2D eigenvalue weighted by Gasteiger charge is -2.28. The highest BCUT2D eigenvalue weighted by atomic mass is 16.5. The highest BCUT2D eigenvalue weighted by Gasteiger charge is 2.34. The van der Waals surface area contributed by atoms with Crippen LogP contribution in [0.15, 0.2) is 29.5 Å². The molecule has 7 nitrogen and oxygen atoms in total. The van der Waals surface area contributed by atoms with Crippen LogP contribution in [0, 0.1) is 0 Å². The van der Waals surface area contributed by atoms with Gasteiger partial charge in [0.25, 0.3) is 0 Å². The summed E-state index contributed by atoms with van der Waals surface area (Å²) in [6.07, 6.45) is 0. The quantitative estimate of drug-likeness (QED) is 0.721.